The molecule has 106 valence electrons. The van der Waals surface area contributed by atoms with Crippen molar-refractivity contribution in [3.8, 4) is 6.07 Å². The highest BCUT2D eigenvalue weighted by atomic mass is 35.5. The zero-order valence-electron chi connectivity index (χ0n) is 10.3. The normalized spacial score (nSPS) is 17.0. The van der Waals surface area contributed by atoms with Crippen LogP contribution in [0.1, 0.15) is 24.8 Å². The number of aliphatic carboxylic acids is 1. The number of rotatable bonds is 4. The predicted octanol–water partition coefficient (Wildman–Crippen LogP) is 1.50. The van der Waals surface area contributed by atoms with Gasteiger partial charge in [0.25, 0.3) is 0 Å². The Morgan fingerprint density at radius 3 is 2.50 bits per heavy atom. The molecule has 0 heterocycles. The second-order valence-electron chi connectivity index (χ2n) is 4.60. The van der Waals surface area contributed by atoms with Crippen molar-refractivity contribution in [3.63, 3.8) is 0 Å². The fraction of sp³-hybridized carbons (Fsp3) is 0.333. The molecule has 1 aliphatic rings. The molecule has 0 radical (unpaired) electrons. The van der Waals surface area contributed by atoms with Gasteiger partial charge in [-0.3, -0.25) is 4.79 Å². The first-order valence-electron chi connectivity index (χ1n) is 5.78. The van der Waals surface area contributed by atoms with Gasteiger partial charge < -0.3 is 5.11 Å². The number of carboxylic acids is 1. The molecule has 0 amide bonds. The molecule has 1 aromatic carbocycles. The molecule has 1 saturated carbocycles. The standard InChI is InChI=1S/C12H11ClN2O4S/c13-9-6-8(7-14)2-3-10(9)20(18,19)15-12(11(16)17)4-1-5-12/h2-3,6,15H,1,4-5H2,(H,16,17). The molecular weight excluding hydrogens is 304 g/mol. The van der Waals surface area contributed by atoms with Gasteiger partial charge in [-0.25, -0.2) is 8.42 Å². The molecule has 8 heteroatoms. The van der Waals surface area contributed by atoms with E-state index in [1.807, 2.05) is 6.07 Å². The molecule has 0 bridgehead atoms. The molecule has 6 nitrogen and oxygen atoms in total. The number of carboxylic acid groups (broad SMARTS) is 1. The van der Waals surface area contributed by atoms with Crippen molar-refractivity contribution in [2.24, 2.45) is 0 Å². The topological polar surface area (TPSA) is 107 Å². The SMILES string of the molecule is N#Cc1ccc(S(=O)(=O)NC2(C(=O)O)CCC2)c(Cl)c1. The van der Waals surface area contributed by atoms with Crippen molar-refractivity contribution in [2.45, 2.75) is 29.7 Å². The summed E-state index contributed by atoms with van der Waals surface area (Å²) in [5.74, 6) is -1.20. The number of hydrogen-bond donors (Lipinski definition) is 2. The average molecular weight is 315 g/mol. The van der Waals surface area contributed by atoms with E-state index in [0.29, 0.717) is 6.42 Å². The Balaban J connectivity index is 2.37. The first-order valence-corrected chi connectivity index (χ1v) is 7.64. The van der Waals surface area contributed by atoms with Crippen molar-refractivity contribution in [1.82, 2.24) is 4.72 Å². The molecule has 0 spiro atoms. The molecule has 2 N–H and O–H groups in total. The van der Waals surface area contributed by atoms with Crippen molar-refractivity contribution in [3.05, 3.63) is 28.8 Å². The van der Waals surface area contributed by atoms with Crippen LogP contribution in [0.15, 0.2) is 23.1 Å². The second kappa shape index (κ2) is 5.05. The summed E-state index contributed by atoms with van der Waals surface area (Å²) in [5, 5.41) is 17.7. The smallest absolute Gasteiger partial charge is 0.324 e. The van der Waals surface area contributed by atoms with E-state index in [4.69, 9.17) is 22.0 Å². The lowest BCUT2D eigenvalue weighted by atomic mass is 9.78. The van der Waals surface area contributed by atoms with Gasteiger partial charge in [0, 0.05) is 0 Å². The molecule has 0 aromatic heterocycles. The molecular formula is C12H11ClN2O4S. The van der Waals surface area contributed by atoms with Gasteiger partial charge in [-0.15, -0.1) is 0 Å². The fourth-order valence-corrected chi connectivity index (χ4v) is 3.95. The molecule has 20 heavy (non-hydrogen) atoms. The predicted molar refractivity (Wildman–Crippen MR) is 70.7 cm³/mol. The minimum Gasteiger partial charge on any atom is -0.480 e. The van der Waals surface area contributed by atoms with Gasteiger partial charge in [0.05, 0.1) is 16.7 Å². The van der Waals surface area contributed by atoms with Crippen LogP contribution in [0.3, 0.4) is 0 Å². The monoisotopic (exact) mass is 314 g/mol. The number of carbonyl (C=O) groups is 1. The fourth-order valence-electron chi connectivity index (χ4n) is 1.99. The Hall–Kier alpha value is -1.62. The third kappa shape index (κ3) is 2.50. The number of sulfonamides is 1. The molecule has 1 fully saturated rings. The zero-order valence-corrected chi connectivity index (χ0v) is 11.8. The van der Waals surface area contributed by atoms with Crippen LogP contribution in [0.5, 0.6) is 0 Å². The van der Waals surface area contributed by atoms with Crippen LogP contribution in [-0.2, 0) is 14.8 Å². The summed E-state index contributed by atoms with van der Waals surface area (Å²) in [6, 6.07) is 5.57. The van der Waals surface area contributed by atoms with Crippen LogP contribution >= 0.6 is 11.6 Å². The Kier molecular flexibility index (Phi) is 3.73. The lowest BCUT2D eigenvalue weighted by Gasteiger charge is -2.37. The summed E-state index contributed by atoms with van der Waals surface area (Å²) in [4.78, 5) is 11.0. The molecule has 1 aromatic rings. The van der Waals surface area contributed by atoms with E-state index in [9.17, 15) is 13.2 Å². The van der Waals surface area contributed by atoms with E-state index in [-0.39, 0.29) is 28.3 Å². The highest BCUT2D eigenvalue weighted by molar-refractivity contribution is 7.89. The number of halogens is 1. The Morgan fingerprint density at radius 2 is 2.10 bits per heavy atom. The Bertz CT molecular complexity index is 705. The number of benzene rings is 1. The van der Waals surface area contributed by atoms with Crippen LogP contribution in [0.25, 0.3) is 0 Å². The van der Waals surface area contributed by atoms with E-state index in [1.54, 1.807) is 0 Å². The minimum atomic E-state index is -4.05. The third-order valence-corrected chi connectivity index (χ3v) is 5.32. The van der Waals surface area contributed by atoms with E-state index in [1.165, 1.54) is 18.2 Å². The van der Waals surface area contributed by atoms with Crippen molar-refractivity contribution in [2.75, 3.05) is 0 Å². The van der Waals surface area contributed by atoms with Crippen molar-refractivity contribution in [1.29, 1.82) is 5.26 Å². The van der Waals surface area contributed by atoms with Crippen molar-refractivity contribution >= 4 is 27.6 Å². The van der Waals surface area contributed by atoms with Crippen LogP contribution in [-0.4, -0.2) is 25.0 Å². The molecule has 0 saturated heterocycles. The quantitative estimate of drug-likeness (QED) is 0.875. The van der Waals surface area contributed by atoms with Crippen LogP contribution < -0.4 is 4.72 Å². The summed E-state index contributed by atoms with van der Waals surface area (Å²) in [6.45, 7) is 0. The van der Waals surface area contributed by atoms with Gasteiger partial charge in [-0.05, 0) is 37.5 Å². The number of nitrogens with one attached hydrogen (secondary N) is 1. The second-order valence-corrected chi connectivity index (χ2v) is 6.66. The maximum absolute atomic E-state index is 12.2. The minimum absolute atomic E-state index is 0.114. The highest BCUT2D eigenvalue weighted by Crippen LogP contribution is 2.34. The summed E-state index contributed by atoms with van der Waals surface area (Å²) >= 11 is 5.84. The molecule has 0 unspecified atom stereocenters. The van der Waals surface area contributed by atoms with E-state index in [0.717, 1.165) is 0 Å². The lowest BCUT2D eigenvalue weighted by Crippen LogP contribution is -2.58. The van der Waals surface area contributed by atoms with Crippen LogP contribution in [0.2, 0.25) is 5.02 Å². The largest absolute Gasteiger partial charge is 0.480 e. The summed E-state index contributed by atoms with van der Waals surface area (Å²) in [6.07, 6.45) is 1.14. The van der Waals surface area contributed by atoms with Gasteiger partial charge in [-0.1, -0.05) is 11.6 Å². The summed E-state index contributed by atoms with van der Waals surface area (Å²) in [7, 11) is -4.05. The Labute approximate surface area is 121 Å². The maximum Gasteiger partial charge on any atom is 0.324 e. The number of nitrogens with zero attached hydrogens (tertiary/aromatic N) is 1. The van der Waals surface area contributed by atoms with Gasteiger partial charge in [-0.2, -0.15) is 9.98 Å². The van der Waals surface area contributed by atoms with Gasteiger partial charge >= 0.3 is 5.97 Å². The first-order chi connectivity index (χ1) is 9.31. The lowest BCUT2D eigenvalue weighted by molar-refractivity contribution is -0.147. The van der Waals surface area contributed by atoms with Gasteiger partial charge in [0.2, 0.25) is 10.0 Å². The highest BCUT2D eigenvalue weighted by Gasteiger charge is 2.47. The van der Waals surface area contributed by atoms with E-state index in [2.05, 4.69) is 4.72 Å². The average Bonchev–Trinajstić information content (AvgIpc) is 2.32. The third-order valence-electron chi connectivity index (χ3n) is 3.30. The van der Waals surface area contributed by atoms with E-state index < -0.39 is 21.5 Å². The molecule has 2 rings (SSSR count). The van der Waals surface area contributed by atoms with Crippen LogP contribution in [0.4, 0.5) is 0 Å². The summed E-state index contributed by atoms with van der Waals surface area (Å²) in [5.41, 5.74) is -1.22. The number of nitriles is 1. The van der Waals surface area contributed by atoms with Crippen molar-refractivity contribution < 1.29 is 18.3 Å². The Morgan fingerprint density at radius 1 is 1.45 bits per heavy atom. The summed E-state index contributed by atoms with van der Waals surface area (Å²) < 4.78 is 26.7. The molecule has 0 atom stereocenters. The molecule has 0 aliphatic heterocycles. The van der Waals surface area contributed by atoms with Crippen LogP contribution in [0, 0.1) is 11.3 Å². The zero-order chi connectivity index (χ0) is 15.0. The van der Waals surface area contributed by atoms with Gasteiger partial charge in [0.15, 0.2) is 0 Å². The molecule has 1 aliphatic carbocycles. The maximum atomic E-state index is 12.2. The van der Waals surface area contributed by atoms with Gasteiger partial charge in [0.1, 0.15) is 10.4 Å². The number of hydrogen-bond acceptors (Lipinski definition) is 4. The van der Waals surface area contributed by atoms with E-state index >= 15 is 0 Å². The first kappa shape index (κ1) is 14.8.